The second-order valence-corrected chi connectivity index (χ2v) is 12.0. The summed E-state index contributed by atoms with van der Waals surface area (Å²) >= 11 is 7.91. The Morgan fingerprint density at radius 3 is 2.63 bits per heavy atom. The van der Waals surface area contributed by atoms with Crippen molar-refractivity contribution < 1.29 is 13.2 Å². The molecule has 0 atom stereocenters. The fourth-order valence-electron chi connectivity index (χ4n) is 4.28. The average Bonchev–Trinajstić information content (AvgIpc) is 3.34. The quantitative estimate of drug-likeness (QED) is 0.559. The van der Waals surface area contributed by atoms with E-state index in [9.17, 15) is 8.42 Å². The number of benzene rings is 1. The lowest BCUT2D eigenvalue weighted by atomic mass is 9.82. The summed E-state index contributed by atoms with van der Waals surface area (Å²) in [4.78, 5) is 2.43. The van der Waals surface area contributed by atoms with E-state index in [1.165, 1.54) is 28.5 Å². The molecule has 2 fully saturated rings. The van der Waals surface area contributed by atoms with Crippen LogP contribution in [0.1, 0.15) is 36.8 Å². The number of aryl methyl sites for hydroxylation is 1. The van der Waals surface area contributed by atoms with Gasteiger partial charge < -0.3 is 4.74 Å². The van der Waals surface area contributed by atoms with Gasteiger partial charge in [-0.1, -0.05) is 23.7 Å². The van der Waals surface area contributed by atoms with Crippen LogP contribution in [0, 0.1) is 12.8 Å². The van der Waals surface area contributed by atoms with Crippen LogP contribution in [0.5, 0.6) is 5.75 Å². The van der Waals surface area contributed by atoms with Crippen LogP contribution in [0.2, 0.25) is 5.02 Å². The molecule has 30 heavy (non-hydrogen) atoms. The number of nitrogens with zero attached hydrogens (tertiary/aromatic N) is 2. The number of likely N-dealkylation sites (tertiary alicyclic amines) is 1. The third-order valence-electron chi connectivity index (χ3n) is 6.10. The van der Waals surface area contributed by atoms with Crippen molar-refractivity contribution >= 4 is 33.0 Å². The predicted molar refractivity (Wildman–Crippen MR) is 122 cm³/mol. The number of rotatable bonds is 8. The molecule has 8 heteroatoms. The van der Waals surface area contributed by atoms with Crippen LogP contribution in [0.15, 0.2) is 33.9 Å². The first kappa shape index (κ1) is 22.1. The first-order chi connectivity index (χ1) is 14.3. The standard InChI is InChI=1S/C22H29ClN2O3S2/c1-16-8-11-29-22(16)30(26,27)24(2)14-17-12-19(13-17)28-20-7-5-6-18(21(20)23)15-25-9-3-4-10-25/h5-8,11,17,19H,3-4,9-10,12-15H2,1-2H3. The van der Waals surface area contributed by atoms with E-state index >= 15 is 0 Å². The highest BCUT2D eigenvalue weighted by atomic mass is 35.5. The van der Waals surface area contributed by atoms with Crippen molar-refractivity contribution in [2.75, 3.05) is 26.7 Å². The Morgan fingerprint density at radius 2 is 1.97 bits per heavy atom. The first-order valence-corrected chi connectivity index (χ1v) is 13.2. The SMILES string of the molecule is Cc1ccsc1S(=O)(=O)N(C)CC1CC(Oc2cccc(CN3CCCC3)c2Cl)C1. The van der Waals surface area contributed by atoms with E-state index in [0.717, 1.165) is 49.4 Å². The minimum atomic E-state index is -3.41. The van der Waals surface area contributed by atoms with Crippen molar-refractivity contribution in [3.05, 3.63) is 45.8 Å². The third-order valence-corrected chi connectivity index (χ3v) is 10.0. The Balaban J connectivity index is 1.30. The maximum Gasteiger partial charge on any atom is 0.252 e. The topological polar surface area (TPSA) is 49.9 Å². The molecule has 0 bridgehead atoms. The van der Waals surface area contributed by atoms with Gasteiger partial charge in [0.1, 0.15) is 9.96 Å². The van der Waals surface area contributed by atoms with Crippen molar-refractivity contribution in [3.8, 4) is 5.75 Å². The van der Waals surface area contributed by atoms with E-state index in [4.69, 9.17) is 16.3 Å². The maximum absolute atomic E-state index is 12.8. The zero-order valence-electron chi connectivity index (χ0n) is 17.5. The summed E-state index contributed by atoms with van der Waals surface area (Å²) in [6.45, 7) is 5.49. The normalized spacial score (nSPS) is 22.4. The largest absolute Gasteiger partial charge is 0.489 e. The fourth-order valence-corrected chi connectivity index (χ4v) is 7.36. The van der Waals surface area contributed by atoms with Crippen molar-refractivity contribution in [3.63, 3.8) is 0 Å². The van der Waals surface area contributed by atoms with Gasteiger partial charge in [-0.25, -0.2) is 8.42 Å². The van der Waals surface area contributed by atoms with Gasteiger partial charge in [0.05, 0.1) is 11.1 Å². The molecule has 0 unspecified atom stereocenters. The molecular weight excluding hydrogens is 440 g/mol. The monoisotopic (exact) mass is 468 g/mol. The second-order valence-electron chi connectivity index (χ2n) is 8.47. The van der Waals surface area contributed by atoms with Gasteiger partial charge in [-0.2, -0.15) is 4.31 Å². The lowest BCUT2D eigenvalue weighted by Gasteiger charge is -2.37. The van der Waals surface area contributed by atoms with Gasteiger partial charge in [0.15, 0.2) is 0 Å². The van der Waals surface area contributed by atoms with Crippen LogP contribution in [0.4, 0.5) is 0 Å². The second kappa shape index (κ2) is 9.17. The molecule has 2 heterocycles. The molecule has 4 rings (SSSR count). The van der Waals surface area contributed by atoms with E-state index in [2.05, 4.69) is 11.0 Å². The summed E-state index contributed by atoms with van der Waals surface area (Å²) in [6, 6.07) is 7.86. The number of thiophene rings is 1. The van der Waals surface area contributed by atoms with Crippen molar-refractivity contribution in [2.45, 2.75) is 49.5 Å². The molecule has 1 saturated heterocycles. The van der Waals surface area contributed by atoms with Crippen molar-refractivity contribution in [2.24, 2.45) is 5.92 Å². The van der Waals surface area contributed by atoms with Crippen LogP contribution >= 0.6 is 22.9 Å². The maximum atomic E-state index is 12.8. The minimum absolute atomic E-state index is 0.0918. The molecule has 1 saturated carbocycles. The van der Waals surface area contributed by atoms with Gasteiger partial charge in [-0.05, 0) is 80.3 Å². The molecule has 5 nitrogen and oxygen atoms in total. The van der Waals surface area contributed by atoms with Crippen LogP contribution in [-0.4, -0.2) is 50.4 Å². The third kappa shape index (κ3) is 4.70. The molecule has 1 aliphatic heterocycles. The summed E-state index contributed by atoms with van der Waals surface area (Å²) < 4.78 is 33.6. The smallest absolute Gasteiger partial charge is 0.252 e. The lowest BCUT2D eigenvalue weighted by Crippen LogP contribution is -2.41. The average molecular weight is 469 g/mol. The molecule has 0 spiro atoms. The minimum Gasteiger partial charge on any atom is -0.489 e. The highest BCUT2D eigenvalue weighted by Crippen LogP contribution is 2.37. The van der Waals surface area contributed by atoms with E-state index in [1.54, 1.807) is 7.05 Å². The Labute approximate surface area is 188 Å². The molecule has 0 radical (unpaired) electrons. The van der Waals surface area contributed by atoms with Crippen LogP contribution < -0.4 is 4.74 Å². The highest BCUT2D eigenvalue weighted by Gasteiger charge is 2.35. The molecule has 1 aromatic heterocycles. The zero-order chi connectivity index (χ0) is 21.3. The Hall–Kier alpha value is -1.12. The van der Waals surface area contributed by atoms with Crippen LogP contribution in [0.3, 0.4) is 0 Å². The summed E-state index contributed by atoms with van der Waals surface area (Å²) in [5.74, 6) is 1.05. The van der Waals surface area contributed by atoms with E-state index in [1.807, 2.05) is 30.5 Å². The molecule has 2 aromatic rings. The molecule has 0 N–H and O–H groups in total. The lowest BCUT2D eigenvalue weighted by molar-refractivity contribution is 0.0575. The number of ether oxygens (including phenoxy) is 1. The number of hydrogen-bond acceptors (Lipinski definition) is 5. The summed E-state index contributed by atoms with van der Waals surface area (Å²) in [5.41, 5.74) is 1.93. The molecule has 2 aliphatic rings. The van der Waals surface area contributed by atoms with Gasteiger partial charge in [-0.15, -0.1) is 11.3 Å². The Kier molecular flexibility index (Phi) is 6.75. The Morgan fingerprint density at radius 1 is 1.23 bits per heavy atom. The Bertz CT molecular complexity index is 980. The van der Waals surface area contributed by atoms with Gasteiger partial charge in [0.25, 0.3) is 10.0 Å². The number of halogens is 1. The molecule has 1 aromatic carbocycles. The zero-order valence-corrected chi connectivity index (χ0v) is 19.9. The van der Waals surface area contributed by atoms with Crippen molar-refractivity contribution in [1.29, 1.82) is 0 Å². The fraction of sp³-hybridized carbons (Fsp3) is 0.545. The van der Waals surface area contributed by atoms with Crippen molar-refractivity contribution in [1.82, 2.24) is 9.21 Å². The van der Waals surface area contributed by atoms with Crippen LogP contribution in [0.25, 0.3) is 0 Å². The number of hydrogen-bond donors (Lipinski definition) is 0. The molecule has 0 amide bonds. The van der Waals surface area contributed by atoms with E-state index < -0.39 is 10.0 Å². The predicted octanol–water partition coefficient (Wildman–Crippen LogP) is 4.78. The summed E-state index contributed by atoms with van der Waals surface area (Å²) in [7, 11) is -1.74. The summed E-state index contributed by atoms with van der Waals surface area (Å²) in [5, 5.41) is 2.53. The highest BCUT2D eigenvalue weighted by molar-refractivity contribution is 7.91. The summed E-state index contributed by atoms with van der Waals surface area (Å²) in [6.07, 6.45) is 4.29. The van der Waals surface area contributed by atoms with E-state index in [-0.39, 0.29) is 6.10 Å². The van der Waals surface area contributed by atoms with Gasteiger partial charge >= 0.3 is 0 Å². The molecule has 164 valence electrons. The van der Waals surface area contributed by atoms with Gasteiger partial charge in [0, 0.05) is 20.1 Å². The van der Waals surface area contributed by atoms with E-state index in [0.29, 0.717) is 21.7 Å². The first-order valence-electron chi connectivity index (χ1n) is 10.5. The van der Waals surface area contributed by atoms with Crippen LogP contribution in [-0.2, 0) is 16.6 Å². The van der Waals surface area contributed by atoms with Gasteiger partial charge in [0.2, 0.25) is 0 Å². The molecule has 1 aliphatic carbocycles. The van der Waals surface area contributed by atoms with Gasteiger partial charge in [-0.3, -0.25) is 4.90 Å². The number of sulfonamides is 1. The molecular formula is C22H29ClN2O3S2.